The van der Waals surface area contributed by atoms with Crippen molar-refractivity contribution in [2.75, 3.05) is 11.1 Å². The number of benzene rings is 2. The summed E-state index contributed by atoms with van der Waals surface area (Å²) >= 11 is 6.07. The van der Waals surface area contributed by atoms with Crippen LogP contribution >= 0.6 is 11.6 Å². The first-order valence-corrected chi connectivity index (χ1v) is 5.98. The van der Waals surface area contributed by atoms with Crippen LogP contribution in [0.1, 0.15) is 11.1 Å². The summed E-state index contributed by atoms with van der Waals surface area (Å²) < 4.78 is 13.5. The Bertz CT molecular complexity index is 570. The number of halogens is 2. The Hall–Kier alpha value is -1.74. The molecule has 2 nitrogen and oxygen atoms in total. The molecule has 18 heavy (non-hydrogen) atoms. The maximum absolute atomic E-state index is 13.5. The normalized spacial score (nSPS) is 10.4. The molecule has 2 aromatic rings. The van der Waals surface area contributed by atoms with Crippen molar-refractivity contribution in [3.63, 3.8) is 0 Å². The average molecular weight is 265 g/mol. The maximum atomic E-state index is 13.5. The Balaban J connectivity index is 2.16. The van der Waals surface area contributed by atoms with E-state index in [9.17, 15) is 4.39 Å². The Morgan fingerprint density at radius 1 is 1.28 bits per heavy atom. The van der Waals surface area contributed by atoms with Gasteiger partial charge in [-0.1, -0.05) is 23.7 Å². The van der Waals surface area contributed by atoms with Crippen LogP contribution in [0.25, 0.3) is 0 Å². The molecule has 0 amide bonds. The van der Waals surface area contributed by atoms with E-state index in [4.69, 9.17) is 17.3 Å². The fourth-order valence-electron chi connectivity index (χ4n) is 1.67. The monoisotopic (exact) mass is 264 g/mol. The minimum Gasteiger partial charge on any atom is -0.397 e. The molecule has 4 heteroatoms. The van der Waals surface area contributed by atoms with E-state index in [1.54, 1.807) is 19.1 Å². The summed E-state index contributed by atoms with van der Waals surface area (Å²) in [5, 5.41) is 3.69. The summed E-state index contributed by atoms with van der Waals surface area (Å²) in [6.07, 6.45) is 0. The number of aryl methyl sites for hydroxylation is 1. The predicted molar refractivity (Wildman–Crippen MR) is 74.3 cm³/mol. The minimum atomic E-state index is -0.253. The molecule has 0 aliphatic heterocycles. The summed E-state index contributed by atoms with van der Waals surface area (Å²) in [5.74, 6) is -0.253. The van der Waals surface area contributed by atoms with Gasteiger partial charge in [-0.2, -0.15) is 0 Å². The zero-order valence-electron chi connectivity index (χ0n) is 10.0. The summed E-state index contributed by atoms with van der Waals surface area (Å²) in [6, 6.07) is 10.5. The third-order valence-corrected chi connectivity index (χ3v) is 3.11. The molecule has 2 rings (SSSR count). The van der Waals surface area contributed by atoms with Crippen LogP contribution in [-0.2, 0) is 6.54 Å². The second-order valence-electron chi connectivity index (χ2n) is 4.13. The van der Waals surface area contributed by atoms with Crippen LogP contribution in [0.4, 0.5) is 15.8 Å². The molecule has 0 saturated heterocycles. The van der Waals surface area contributed by atoms with Crippen molar-refractivity contribution >= 4 is 23.0 Å². The van der Waals surface area contributed by atoms with Crippen molar-refractivity contribution < 1.29 is 4.39 Å². The molecule has 0 heterocycles. The van der Waals surface area contributed by atoms with E-state index >= 15 is 0 Å². The SMILES string of the molecule is Cc1cc(Cl)c(CNc2ccccc2N)cc1F. The summed E-state index contributed by atoms with van der Waals surface area (Å²) in [7, 11) is 0. The predicted octanol–water partition coefficient (Wildman–Crippen LogP) is 3.98. The second kappa shape index (κ2) is 5.27. The van der Waals surface area contributed by atoms with Crippen LogP contribution in [0.2, 0.25) is 5.02 Å². The first kappa shape index (κ1) is 12.7. The Morgan fingerprint density at radius 3 is 2.72 bits per heavy atom. The Labute approximate surface area is 111 Å². The van der Waals surface area contributed by atoms with Crippen molar-refractivity contribution in [2.45, 2.75) is 13.5 Å². The summed E-state index contributed by atoms with van der Waals surface area (Å²) in [5.41, 5.74) is 8.53. The van der Waals surface area contributed by atoms with Gasteiger partial charge in [0.1, 0.15) is 5.82 Å². The molecule has 0 aliphatic carbocycles. The van der Waals surface area contributed by atoms with Crippen LogP contribution in [0, 0.1) is 12.7 Å². The van der Waals surface area contributed by atoms with E-state index in [1.165, 1.54) is 6.07 Å². The number of nitrogen functional groups attached to an aromatic ring is 1. The highest BCUT2D eigenvalue weighted by Crippen LogP contribution is 2.23. The molecular weight excluding hydrogens is 251 g/mol. The minimum absolute atomic E-state index is 0.253. The van der Waals surface area contributed by atoms with Crippen molar-refractivity contribution in [1.29, 1.82) is 0 Å². The molecule has 94 valence electrons. The summed E-state index contributed by atoms with van der Waals surface area (Å²) in [6.45, 7) is 2.12. The fourth-order valence-corrected chi connectivity index (χ4v) is 1.96. The number of anilines is 2. The molecule has 0 saturated carbocycles. The molecule has 3 N–H and O–H groups in total. The average Bonchev–Trinajstić information content (AvgIpc) is 2.34. The molecule has 0 spiro atoms. The third-order valence-electron chi connectivity index (χ3n) is 2.76. The van der Waals surface area contributed by atoms with Crippen molar-refractivity contribution in [2.24, 2.45) is 0 Å². The highest BCUT2D eigenvalue weighted by Gasteiger charge is 2.06. The Kier molecular flexibility index (Phi) is 3.72. The first-order chi connectivity index (χ1) is 8.58. The lowest BCUT2D eigenvalue weighted by Crippen LogP contribution is -2.03. The zero-order chi connectivity index (χ0) is 13.1. The molecule has 0 radical (unpaired) electrons. The third kappa shape index (κ3) is 2.74. The highest BCUT2D eigenvalue weighted by molar-refractivity contribution is 6.31. The van der Waals surface area contributed by atoms with E-state index < -0.39 is 0 Å². The van der Waals surface area contributed by atoms with E-state index in [-0.39, 0.29) is 5.82 Å². The summed E-state index contributed by atoms with van der Waals surface area (Å²) in [4.78, 5) is 0. The molecule has 2 aromatic carbocycles. The van der Waals surface area contributed by atoms with Gasteiger partial charge in [0.2, 0.25) is 0 Å². The second-order valence-corrected chi connectivity index (χ2v) is 4.54. The smallest absolute Gasteiger partial charge is 0.126 e. The van der Waals surface area contributed by atoms with Crippen LogP contribution in [0.5, 0.6) is 0 Å². The highest BCUT2D eigenvalue weighted by atomic mass is 35.5. The molecule has 0 unspecified atom stereocenters. The molecule has 0 atom stereocenters. The van der Waals surface area contributed by atoms with Gasteiger partial charge in [0.15, 0.2) is 0 Å². The number of hydrogen-bond donors (Lipinski definition) is 2. The fraction of sp³-hybridized carbons (Fsp3) is 0.143. The van der Waals surface area contributed by atoms with Gasteiger partial charge in [0, 0.05) is 11.6 Å². The number of para-hydroxylation sites is 2. The van der Waals surface area contributed by atoms with Crippen molar-refractivity contribution in [1.82, 2.24) is 0 Å². The molecule has 0 bridgehead atoms. The van der Waals surface area contributed by atoms with E-state index in [1.807, 2.05) is 18.2 Å². The van der Waals surface area contributed by atoms with Gasteiger partial charge >= 0.3 is 0 Å². The van der Waals surface area contributed by atoms with Gasteiger partial charge in [0.05, 0.1) is 11.4 Å². The van der Waals surface area contributed by atoms with Gasteiger partial charge in [-0.25, -0.2) is 4.39 Å². The van der Waals surface area contributed by atoms with E-state index in [2.05, 4.69) is 5.32 Å². The van der Waals surface area contributed by atoms with Crippen LogP contribution in [0.15, 0.2) is 36.4 Å². The Morgan fingerprint density at radius 2 is 2.00 bits per heavy atom. The molecular formula is C14H14ClFN2. The molecule has 0 fully saturated rings. The largest absolute Gasteiger partial charge is 0.397 e. The molecule has 0 aromatic heterocycles. The topological polar surface area (TPSA) is 38.0 Å². The van der Waals surface area contributed by atoms with E-state index in [0.29, 0.717) is 28.4 Å². The standard InChI is InChI=1S/C14H14ClFN2/c1-9-6-11(15)10(7-12(9)16)8-18-14-5-3-2-4-13(14)17/h2-7,18H,8,17H2,1H3. The van der Waals surface area contributed by atoms with Gasteiger partial charge in [-0.3, -0.25) is 0 Å². The zero-order valence-corrected chi connectivity index (χ0v) is 10.8. The van der Waals surface area contributed by atoms with Gasteiger partial charge in [-0.05, 0) is 42.3 Å². The van der Waals surface area contributed by atoms with Crippen LogP contribution in [-0.4, -0.2) is 0 Å². The number of nitrogens with two attached hydrogens (primary N) is 1. The van der Waals surface area contributed by atoms with Gasteiger partial charge < -0.3 is 11.1 Å². The maximum Gasteiger partial charge on any atom is 0.126 e. The number of nitrogens with one attached hydrogen (secondary N) is 1. The lowest BCUT2D eigenvalue weighted by atomic mass is 10.1. The van der Waals surface area contributed by atoms with Crippen molar-refractivity contribution in [3.8, 4) is 0 Å². The first-order valence-electron chi connectivity index (χ1n) is 5.61. The van der Waals surface area contributed by atoms with Gasteiger partial charge in [-0.15, -0.1) is 0 Å². The lowest BCUT2D eigenvalue weighted by Gasteiger charge is -2.11. The van der Waals surface area contributed by atoms with Crippen LogP contribution < -0.4 is 11.1 Å². The van der Waals surface area contributed by atoms with Crippen molar-refractivity contribution in [3.05, 3.63) is 58.4 Å². The van der Waals surface area contributed by atoms with Gasteiger partial charge in [0.25, 0.3) is 0 Å². The molecule has 0 aliphatic rings. The van der Waals surface area contributed by atoms with E-state index in [0.717, 1.165) is 5.69 Å². The van der Waals surface area contributed by atoms with Crippen LogP contribution in [0.3, 0.4) is 0 Å². The quantitative estimate of drug-likeness (QED) is 0.823. The lowest BCUT2D eigenvalue weighted by molar-refractivity contribution is 0.616. The number of rotatable bonds is 3. The number of hydrogen-bond acceptors (Lipinski definition) is 2.